The molecule has 3 aromatic rings. The standard InChI is InChI=1S/C19H14ClFN2O3/c20-17-8-7-16(26-17)19(25)22-11-12-3-1-6-15(9-12)23-18(24)13-4-2-5-14(21)10-13/h1-10H,11H2,(H,22,25)(H,23,24). The summed E-state index contributed by atoms with van der Waals surface area (Å²) in [5, 5.41) is 5.53. The zero-order valence-electron chi connectivity index (χ0n) is 13.5. The Morgan fingerprint density at radius 3 is 2.54 bits per heavy atom. The normalized spacial score (nSPS) is 10.4. The van der Waals surface area contributed by atoms with Crippen molar-refractivity contribution in [1.29, 1.82) is 0 Å². The Hall–Kier alpha value is -3.12. The first-order valence-electron chi connectivity index (χ1n) is 7.70. The molecule has 0 aliphatic rings. The molecular formula is C19H14ClFN2O3. The van der Waals surface area contributed by atoms with E-state index in [2.05, 4.69) is 10.6 Å². The van der Waals surface area contributed by atoms with Crippen molar-refractivity contribution in [2.24, 2.45) is 0 Å². The Balaban J connectivity index is 1.62. The number of hydrogen-bond acceptors (Lipinski definition) is 3. The van der Waals surface area contributed by atoms with Crippen molar-refractivity contribution in [1.82, 2.24) is 5.32 Å². The summed E-state index contributed by atoms with van der Waals surface area (Å²) in [6, 6.07) is 15.3. The van der Waals surface area contributed by atoms with Crippen LogP contribution in [0.4, 0.5) is 10.1 Å². The monoisotopic (exact) mass is 372 g/mol. The highest BCUT2D eigenvalue weighted by atomic mass is 35.5. The number of nitrogens with one attached hydrogen (secondary N) is 2. The second-order valence-corrected chi connectivity index (χ2v) is 5.82. The molecule has 132 valence electrons. The third-order valence-corrected chi connectivity index (χ3v) is 3.72. The average molecular weight is 373 g/mol. The first-order chi connectivity index (χ1) is 12.5. The number of rotatable bonds is 5. The van der Waals surface area contributed by atoms with Gasteiger partial charge in [0.2, 0.25) is 0 Å². The lowest BCUT2D eigenvalue weighted by Crippen LogP contribution is -2.22. The molecule has 2 aromatic carbocycles. The van der Waals surface area contributed by atoms with Gasteiger partial charge in [-0.2, -0.15) is 0 Å². The van der Waals surface area contributed by atoms with Crippen molar-refractivity contribution >= 4 is 29.1 Å². The van der Waals surface area contributed by atoms with Crippen molar-refractivity contribution < 1.29 is 18.4 Å². The van der Waals surface area contributed by atoms with Crippen molar-refractivity contribution in [3.05, 3.63) is 88.6 Å². The van der Waals surface area contributed by atoms with Crippen molar-refractivity contribution in [3.8, 4) is 0 Å². The molecule has 1 heterocycles. The minimum atomic E-state index is -0.479. The van der Waals surface area contributed by atoms with Gasteiger partial charge in [0.25, 0.3) is 11.8 Å². The molecule has 0 aliphatic heterocycles. The summed E-state index contributed by atoms with van der Waals surface area (Å²) < 4.78 is 18.2. The number of amides is 2. The molecule has 0 saturated heterocycles. The molecule has 1 aromatic heterocycles. The molecule has 3 rings (SSSR count). The molecule has 0 unspecified atom stereocenters. The number of halogens is 2. The van der Waals surface area contributed by atoms with Crippen LogP contribution in [0.1, 0.15) is 26.5 Å². The van der Waals surface area contributed by atoms with Crippen LogP contribution in [0.3, 0.4) is 0 Å². The molecule has 7 heteroatoms. The van der Waals surface area contributed by atoms with Crippen LogP contribution in [0.15, 0.2) is 65.1 Å². The molecule has 0 bridgehead atoms. The summed E-state index contributed by atoms with van der Waals surface area (Å²) in [4.78, 5) is 24.1. The van der Waals surface area contributed by atoms with Crippen LogP contribution in [0.2, 0.25) is 5.22 Å². The Morgan fingerprint density at radius 1 is 1.00 bits per heavy atom. The van der Waals surface area contributed by atoms with Crippen LogP contribution in [0.5, 0.6) is 0 Å². The van der Waals surface area contributed by atoms with Gasteiger partial charge in [-0.25, -0.2) is 4.39 Å². The lowest BCUT2D eigenvalue weighted by Gasteiger charge is -2.08. The smallest absolute Gasteiger partial charge is 0.287 e. The van der Waals surface area contributed by atoms with E-state index < -0.39 is 17.6 Å². The Kier molecular flexibility index (Phi) is 5.34. The Bertz CT molecular complexity index is 955. The highest BCUT2D eigenvalue weighted by Gasteiger charge is 2.11. The zero-order chi connectivity index (χ0) is 18.5. The van der Waals surface area contributed by atoms with Crippen LogP contribution >= 0.6 is 11.6 Å². The van der Waals surface area contributed by atoms with Crippen LogP contribution in [0.25, 0.3) is 0 Å². The predicted octanol–water partition coefficient (Wildman–Crippen LogP) is 4.25. The number of benzene rings is 2. The van der Waals surface area contributed by atoms with Gasteiger partial charge >= 0.3 is 0 Å². The van der Waals surface area contributed by atoms with Crippen LogP contribution in [0, 0.1) is 5.82 Å². The molecule has 0 fully saturated rings. The Labute approximate surface area is 153 Å². The SMILES string of the molecule is O=C(Nc1cccc(CNC(=O)c2ccc(Cl)o2)c1)c1cccc(F)c1. The molecule has 0 atom stereocenters. The summed E-state index contributed by atoms with van der Waals surface area (Å²) >= 11 is 5.64. The quantitative estimate of drug-likeness (QED) is 0.703. The molecular weight excluding hydrogens is 359 g/mol. The molecule has 2 N–H and O–H groups in total. The average Bonchev–Trinajstić information content (AvgIpc) is 3.06. The van der Waals surface area contributed by atoms with Crippen molar-refractivity contribution in [2.45, 2.75) is 6.54 Å². The second kappa shape index (κ2) is 7.84. The predicted molar refractivity (Wildman–Crippen MR) is 95.7 cm³/mol. The molecule has 5 nitrogen and oxygen atoms in total. The van der Waals surface area contributed by atoms with Gasteiger partial charge in [-0.05, 0) is 59.6 Å². The van der Waals surface area contributed by atoms with Crippen LogP contribution < -0.4 is 10.6 Å². The topological polar surface area (TPSA) is 71.3 Å². The van der Waals surface area contributed by atoms with Gasteiger partial charge in [0.1, 0.15) is 5.82 Å². The summed E-state index contributed by atoms with van der Waals surface area (Å²) in [5.74, 6) is -1.18. The van der Waals surface area contributed by atoms with E-state index in [9.17, 15) is 14.0 Å². The van der Waals surface area contributed by atoms with Gasteiger partial charge in [0.15, 0.2) is 11.0 Å². The fourth-order valence-electron chi connectivity index (χ4n) is 2.30. The highest BCUT2D eigenvalue weighted by molar-refractivity contribution is 6.29. The van der Waals surface area contributed by atoms with Gasteiger partial charge in [-0.1, -0.05) is 18.2 Å². The molecule has 26 heavy (non-hydrogen) atoms. The third-order valence-electron chi connectivity index (χ3n) is 3.52. The maximum Gasteiger partial charge on any atom is 0.287 e. The first kappa shape index (κ1) is 17.7. The van der Waals surface area contributed by atoms with E-state index in [0.717, 1.165) is 11.6 Å². The molecule has 0 aliphatic carbocycles. The van der Waals surface area contributed by atoms with E-state index in [-0.39, 0.29) is 23.1 Å². The van der Waals surface area contributed by atoms with Gasteiger partial charge in [0, 0.05) is 17.8 Å². The lowest BCUT2D eigenvalue weighted by atomic mass is 10.1. The van der Waals surface area contributed by atoms with E-state index in [1.54, 1.807) is 24.3 Å². The highest BCUT2D eigenvalue weighted by Crippen LogP contribution is 2.15. The molecule has 0 spiro atoms. The van der Waals surface area contributed by atoms with Crippen molar-refractivity contribution in [3.63, 3.8) is 0 Å². The minimum absolute atomic E-state index is 0.116. The second-order valence-electron chi connectivity index (χ2n) is 5.45. The number of anilines is 1. The fourth-order valence-corrected chi connectivity index (χ4v) is 2.44. The van der Waals surface area contributed by atoms with Gasteiger partial charge in [0.05, 0.1) is 0 Å². The first-order valence-corrected chi connectivity index (χ1v) is 8.08. The van der Waals surface area contributed by atoms with E-state index in [1.165, 1.54) is 30.3 Å². The van der Waals surface area contributed by atoms with E-state index in [0.29, 0.717) is 5.69 Å². The number of carbonyl (C=O) groups excluding carboxylic acids is 2. The number of carbonyl (C=O) groups is 2. The third kappa shape index (κ3) is 4.49. The van der Waals surface area contributed by atoms with E-state index in [4.69, 9.17) is 16.0 Å². The summed E-state index contributed by atoms with van der Waals surface area (Å²) in [6.45, 7) is 0.237. The van der Waals surface area contributed by atoms with Gasteiger partial charge in [-0.3, -0.25) is 9.59 Å². The zero-order valence-corrected chi connectivity index (χ0v) is 14.2. The summed E-state index contributed by atoms with van der Waals surface area (Å²) in [5.41, 5.74) is 1.53. The maximum atomic E-state index is 13.2. The van der Waals surface area contributed by atoms with E-state index >= 15 is 0 Å². The number of furan rings is 1. The van der Waals surface area contributed by atoms with Crippen LogP contribution in [-0.4, -0.2) is 11.8 Å². The van der Waals surface area contributed by atoms with Gasteiger partial charge < -0.3 is 15.1 Å². The fraction of sp³-hybridized carbons (Fsp3) is 0.0526. The molecule has 0 radical (unpaired) electrons. The van der Waals surface area contributed by atoms with E-state index in [1.807, 2.05) is 0 Å². The number of hydrogen-bond donors (Lipinski definition) is 2. The minimum Gasteiger partial charge on any atom is -0.440 e. The summed E-state index contributed by atoms with van der Waals surface area (Å²) in [7, 11) is 0. The molecule has 0 saturated carbocycles. The lowest BCUT2D eigenvalue weighted by molar-refractivity contribution is 0.0922. The summed E-state index contributed by atoms with van der Waals surface area (Å²) in [6.07, 6.45) is 0. The van der Waals surface area contributed by atoms with Crippen molar-refractivity contribution in [2.75, 3.05) is 5.32 Å². The largest absolute Gasteiger partial charge is 0.440 e. The molecule has 2 amide bonds. The maximum absolute atomic E-state index is 13.2. The van der Waals surface area contributed by atoms with Gasteiger partial charge in [-0.15, -0.1) is 0 Å². The Morgan fingerprint density at radius 2 is 1.81 bits per heavy atom. The van der Waals surface area contributed by atoms with Crippen LogP contribution in [-0.2, 0) is 6.54 Å².